The molecule has 0 radical (unpaired) electrons. The fraction of sp³-hybridized carbons (Fsp3) is 0.364. The molecule has 188 valence electrons. The SMILES string of the molecule is CCn1cnn(-c2nc(N3CCN(C(=O)N4N=CCC4c4cc(F)cc(F)c4)CC3)ncc2F)c1=O. The molecule has 2 aliphatic rings. The van der Waals surface area contributed by atoms with Gasteiger partial charge in [0.2, 0.25) is 5.95 Å². The molecule has 0 spiro atoms. The van der Waals surface area contributed by atoms with Crippen molar-refractivity contribution in [3.63, 3.8) is 0 Å². The van der Waals surface area contributed by atoms with Crippen LogP contribution in [0.1, 0.15) is 24.9 Å². The minimum absolute atomic E-state index is 0.198. The lowest BCUT2D eigenvalue weighted by Gasteiger charge is -2.37. The predicted octanol–water partition coefficient (Wildman–Crippen LogP) is 1.94. The third-order valence-electron chi connectivity index (χ3n) is 6.12. The normalized spacial score (nSPS) is 17.8. The fourth-order valence-corrected chi connectivity index (χ4v) is 4.23. The Morgan fingerprint density at radius 1 is 1.08 bits per heavy atom. The molecule has 1 fully saturated rings. The van der Waals surface area contributed by atoms with Crippen LogP contribution in [0, 0.1) is 17.5 Å². The minimum Gasteiger partial charge on any atom is -0.337 e. The molecule has 1 atom stereocenters. The number of halogens is 3. The monoisotopic (exact) mass is 501 g/mol. The number of hydrazone groups is 1. The first-order chi connectivity index (χ1) is 17.4. The first kappa shape index (κ1) is 23.5. The number of aryl methyl sites for hydroxylation is 1. The van der Waals surface area contributed by atoms with E-state index in [4.69, 9.17) is 0 Å². The zero-order chi connectivity index (χ0) is 25.4. The summed E-state index contributed by atoms with van der Waals surface area (Å²) in [5.74, 6) is -2.29. The van der Waals surface area contributed by atoms with E-state index in [1.54, 1.807) is 16.7 Å². The van der Waals surface area contributed by atoms with Crippen molar-refractivity contribution in [2.24, 2.45) is 5.10 Å². The van der Waals surface area contributed by atoms with Crippen molar-refractivity contribution in [3.8, 4) is 5.82 Å². The van der Waals surface area contributed by atoms with Crippen molar-refractivity contribution in [3.05, 3.63) is 64.2 Å². The Kier molecular flexibility index (Phi) is 6.16. The molecule has 4 heterocycles. The molecule has 3 aromatic rings. The van der Waals surface area contributed by atoms with Crippen molar-refractivity contribution in [1.82, 2.24) is 34.2 Å². The summed E-state index contributed by atoms with van der Waals surface area (Å²) in [5.41, 5.74) is -0.194. The van der Waals surface area contributed by atoms with Crippen molar-refractivity contribution < 1.29 is 18.0 Å². The van der Waals surface area contributed by atoms with Gasteiger partial charge in [-0.25, -0.2) is 32.8 Å². The van der Waals surface area contributed by atoms with Crippen LogP contribution in [0.25, 0.3) is 5.82 Å². The molecule has 14 heteroatoms. The first-order valence-electron chi connectivity index (χ1n) is 11.3. The highest BCUT2D eigenvalue weighted by Gasteiger charge is 2.34. The lowest BCUT2D eigenvalue weighted by Crippen LogP contribution is -2.52. The molecule has 36 heavy (non-hydrogen) atoms. The number of rotatable bonds is 4. The third kappa shape index (κ3) is 4.29. The highest BCUT2D eigenvalue weighted by molar-refractivity contribution is 5.78. The van der Waals surface area contributed by atoms with E-state index in [0.717, 1.165) is 16.9 Å². The summed E-state index contributed by atoms with van der Waals surface area (Å²) in [6, 6.07) is 2.16. The Morgan fingerprint density at radius 2 is 1.81 bits per heavy atom. The van der Waals surface area contributed by atoms with E-state index in [0.29, 0.717) is 31.6 Å². The molecule has 1 saturated heterocycles. The van der Waals surface area contributed by atoms with Crippen LogP contribution >= 0.6 is 0 Å². The maximum absolute atomic E-state index is 14.4. The van der Waals surface area contributed by atoms with Gasteiger partial charge in [0.25, 0.3) is 0 Å². The fourth-order valence-electron chi connectivity index (χ4n) is 4.23. The van der Waals surface area contributed by atoms with Crippen LogP contribution in [0.5, 0.6) is 0 Å². The van der Waals surface area contributed by atoms with E-state index >= 15 is 0 Å². The summed E-state index contributed by atoms with van der Waals surface area (Å²) >= 11 is 0. The quantitative estimate of drug-likeness (QED) is 0.541. The number of amides is 2. The number of benzene rings is 1. The molecule has 0 aliphatic carbocycles. The standard InChI is InChI=1S/C22H22F3N9O2/c1-2-30-13-28-34(21(30)35)19-17(25)12-26-20(29-19)31-5-7-32(8-6-31)22(36)33-18(3-4-27-33)14-9-15(23)11-16(24)10-14/h4,9-13,18H,2-3,5-8H2,1H3. The Balaban J connectivity index is 1.29. The van der Waals surface area contributed by atoms with Crippen LogP contribution in [-0.2, 0) is 6.54 Å². The second-order valence-electron chi connectivity index (χ2n) is 8.31. The molecule has 2 amide bonds. The summed E-state index contributed by atoms with van der Waals surface area (Å²) < 4.78 is 44.0. The molecule has 2 aromatic heterocycles. The van der Waals surface area contributed by atoms with Crippen LogP contribution in [0.15, 0.2) is 40.6 Å². The van der Waals surface area contributed by atoms with Crippen molar-refractivity contribution in [1.29, 1.82) is 0 Å². The van der Waals surface area contributed by atoms with Gasteiger partial charge in [0, 0.05) is 51.4 Å². The number of nitrogens with zero attached hydrogens (tertiary/aromatic N) is 9. The molecule has 5 rings (SSSR count). The van der Waals surface area contributed by atoms with Crippen LogP contribution in [-0.4, -0.2) is 72.6 Å². The maximum Gasteiger partial charge on any atom is 0.352 e. The lowest BCUT2D eigenvalue weighted by atomic mass is 10.0. The van der Waals surface area contributed by atoms with Crippen molar-refractivity contribution in [2.75, 3.05) is 31.1 Å². The van der Waals surface area contributed by atoms with Gasteiger partial charge in [-0.1, -0.05) is 0 Å². The van der Waals surface area contributed by atoms with E-state index in [9.17, 15) is 22.8 Å². The van der Waals surface area contributed by atoms with E-state index < -0.39 is 35.2 Å². The highest BCUT2D eigenvalue weighted by Crippen LogP contribution is 2.30. The topological polar surface area (TPSA) is 105 Å². The summed E-state index contributed by atoms with van der Waals surface area (Å²) in [4.78, 5) is 37.1. The third-order valence-corrected chi connectivity index (χ3v) is 6.12. The van der Waals surface area contributed by atoms with Gasteiger partial charge in [-0.15, -0.1) is 0 Å². The summed E-state index contributed by atoms with van der Waals surface area (Å²) in [7, 11) is 0. The Labute approximate surface area is 203 Å². The van der Waals surface area contributed by atoms with Crippen LogP contribution in [0.3, 0.4) is 0 Å². The maximum atomic E-state index is 14.4. The van der Waals surface area contributed by atoms with E-state index in [2.05, 4.69) is 20.2 Å². The molecule has 0 saturated carbocycles. The van der Waals surface area contributed by atoms with E-state index in [1.807, 2.05) is 0 Å². The largest absolute Gasteiger partial charge is 0.352 e. The second-order valence-corrected chi connectivity index (χ2v) is 8.31. The number of carbonyl (C=O) groups excluding carboxylic acids is 1. The van der Waals surface area contributed by atoms with Crippen molar-refractivity contribution in [2.45, 2.75) is 25.9 Å². The zero-order valence-electron chi connectivity index (χ0n) is 19.3. The Bertz CT molecular complexity index is 1360. The first-order valence-corrected chi connectivity index (χ1v) is 11.3. The smallest absolute Gasteiger partial charge is 0.337 e. The summed E-state index contributed by atoms with van der Waals surface area (Å²) in [5, 5.41) is 9.28. The summed E-state index contributed by atoms with van der Waals surface area (Å²) in [6.07, 6.45) is 4.17. The Hall–Kier alpha value is -4.23. The van der Waals surface area contributed by atoms with E-state index in [-0.39, 0.29) is 24.9 Å². The van der Waals surface area contributed by atoms with Gasteiger partial charge in [-0.2, -0.15) is 19.9 Å². The predicted molar refractivity (Wildman–Crippen MR) is 122 cm³/mol. The minimum atomic E-state index is -0.789. The van der Waals surface area contributed by atoms with Gasteiger partial charge in [0.05, 0.1) is 12.2 Å². The number of carbonyl (C=O) groups is 1. The molecule has 0 N–H and O–H groups in total. The molecule has 1 unspecified atom stereocenters. The Morgan fingerprint density at radius 3 is 2.47 bits per heavy atom. The van der Waals surface area contributed by atoms with Crippen molar-refractivity contribution >= 4 is 18.2 Å². The van der Waals surface area contributed by atoms with Crippen LogP contribution in [0.2, 0.25) is 0 Å². The molecular formula is C22H22F3N9O2. The molecule has 1 aromatic carbocycles. The number of anilines is 1. The molecule has 11 nitrogen and oxygen atoms in total. The second kappa shape index (κ2) is 9.43. The van der Waals surface area contributed by atoms with Gasteiger partial charge in [-0.3, -0.25) is 4.57 Å². The van der Waals surface area contributed by atoms with Gasteiger partial charge in [0.15, 0.2) is 11.6 Å². The molecular weight excluding hydrogens is 479 g/mol. The number of hydrogen-bond donors (Lipinski definition) is 0. The van der Waals surface area contributed by atoms with Crippen LogP contribution < -0.4 is 10.6 Å². The van der Waals surface area contributed by atoms with E-state index in [1.165, 1.54) is 34.3 Å². The number of piperazine rings is 1. The molecule has 0 bridgehead atoms. The average molecular weight is 501 g/mol. The zero-order valence-corrected chi connectivity index (χ0v) is 19.3. The highest BCUT2D eigenvalue weighted by atomic mass is 19.1. The average Bonchev–Trinajstić information content (AvgIpc) is 3.50. The van der Waals surface area contributed by atoms with Crippen LogP contribution in [0.4, 0.5) is 23.9 Å². The lowest BCUT2D eigenvalue weighted by molar-refractivity contribution is 0.139. The van der Waals surface area contributed by atoms with Gasteiger partial charge in [-0.05, 0) is 24.6 Å². The number of urea groups is 1. The van der Waals surface area contributed by atoms with Gasteiger partial charge in [0.1, 0.15) is 18.0 Å². The molecule has 2 aliphatic heterocycles. The summed E-state index contributed by atoms with van der Waals surface area (Å²) in [6.45, 7) is 3.40. The number of hydrogen-bond acceptors (Lipinski definition) is 7. The van der Waals surface area contributed by atoms with Gasteiger partial charge < -0.3 is 9.80 Å². The number of aromatic nitrogens is 5. The van der Waals surface area contributed by atoms with Gasteiger partial charge >= 0.3 is 11.7 Å².